The molecule has 0 atom stereocenters. The number of thiazole rings is 1. The van der Waals surface area contributed by atoms with Crippen molar-refractivity contribution in [1.82, 2.24) is 9.88 Å². The fraction of sp³-hybridized carbons (Fsp3) is 0.455. The number of carbonyl (C=O) groups excluding carboxylic acids is 2. The Balaban J connectivity index is 1.64. The number of carboxylic acid groups (broad SMARTS) is 1. The van der Waals surface area contributed by atoms with Crippen LogP contribution < -0.4 is 5.32 Å². The van der Waals surface area contributed by atoms with Gasteiger partial charge in [-0.1, -0.05) is 48.6 Å². The molecule has 166 valence electrons. The van der Waals surface area contributed by atoms with Gasteiger partial charge in [-0.25, -0.2) is 9.78 Å². The molecule has 1 aliphatic rings. The summed E-state index contributed by atoms with van der Waals surface area (Å²) < 4.78 is 0.731. The second-order valence-electron chi connectivity index (χ2n) is 7.74. The van der Waals surface area contributed by atoms with Crippen molar-refractivity contribution in [1.29, 1.82) is 0 Å². The summed E-state index contributed by atoms with van der Waals surface area (Å²) in [6.45, 7) is 2.58. The van der Waals surface area contributed by atoms with E-state index < -0.39 is 5.97 Å². The van der Waals surface area contributed by atoms with E-state index in [1.165, 1.54) is 23.1 Å². The average Bonchev–Trinajstić information content (AvgIpc) is 3.21. The van der Waals surface area contributed by atoms with Gasteiger partial charge >= 0.3 is 12.0 Å². The first kappa shape index (κ1) is 23.3. The third-order valence-electron chi connectivity index (χ3n) is 5.40. The Morgan fingerprint density at radius 1 is 1.19 bits per heavy atom. The van der Waals surface area contributed by atoms with Crippen LogP contribution >= 0.6 is 23.1 Å². The van der Waals surface area contributed by atoms with Gasteiger partial charge in [0, 0.05) is 24.6 Å². The lowest BCUT2D eigenvalue weighted by Gasteiger charge is -2.36. The highest BCUT2D eigenvalue weighted by molar-refractivity contribution is 8.01. The number of thioether (sulfide) groups is 1. The fourth-order valence-electron chi connectivity index (χ4n) is 3.67. The Morgan fingerprint density at radius 2 is 1.90 bits per heavy atom. The lowest BCUT2D eigenvalue weighted by atomic mass is 9.86. The van der Waals surface area contributed by atoms with Crippen molar-refractivity contribution >= 4 is 46.0 Å². The Labute approximate surface area is 190 Å². The van der Waals surface area contributed by atoms with Crippen molar-refractivity contribution in [2.45, 2.75) is 49.3 Å². The van der Waals surface area contributed by atoms with Gasteiger partial charge < -0.3 is 10.0 Å². The summed E-state index contributed by atoms with van der Waals surface area (Å²) >= 11 is 2.42. The zero-order chi connectivity index (χ0) is 22.2. The van der Waals surface area contributed by atoms with Gasteiger partial charge in [-0.15, -0.1) is 11.8 Å². The molecule has 0 unspecified atom stereocenters. The molecule has 31 heavy (non-hydrogen) atoms. The van der Waals surface area contributed by atoms with Crippen LogP contribution in [0.1, 0.15) is 49.4 Å². The molecule has 0 radical (unpaired) electrons. The number of rotatable bonds is 9. The Bertz CT molecular complexity index is 895. The van der Waals surface area contributed by atoms with E-state index in [0.717, 1.165) is 29.9 Å². The van der Waals surface area contributed by atoms with E-state index in [4.69, 9.17) is 5.11 Å². The third-order valence-corrected chi connectivity index (χ3v) is 7.49. The van der Waals surface area contributed by atoms with Gasteiger partial charge in [0.05, 0.1) is 16.2 Å². The van der Waals surface area contributed by atoms with Gasteiger partial charge in [-0.05, 0) is 31.6 Å². The van der Waals surface area contributed by atoms with Crippen molar-refractivity contribution < 1.29 is 19.5 Å². The minimum atomic E-state index is -0.898. The molecule has 0 spiro atoms. The number of amides is 2. The fourth-order valence-corrected chi connectivity index (χ4v) is 5.26. The van der Waals surface area contributed by atoms with Gasteiger partial charge in [0.15, 0.2) is 10.9 Å². The average molecular weight is 462 g/mol. The third kappa shape index (κ3) is 7.07. The standard InChI is InChI=1S/C22H27N3O4S2/c1-15-7-9-17(10-8-15)25(12-11-18(26)16-5-3-2-4-6-16)22(29)24-21-23-13-20(31-21)30-14-19(27)28/h2-6,13,15,17H,7-12,14H2,1H3,(H,27,28)(H,23,24,29)/t15-,17-. The van der Waals surface area contributed by atoms with Crippen molar-refractivity contribution in [2.75, 3.05) is 17.6 Å². The number of aliphatic carboxylic acids is 1. The summed E-state index contributed by atoms with van der Waals surface area (Å²) in [5, 5.41) is 12.1. The molecule has 1 fully saturated rings. The van der Waals surface area contributed by atoms with Crippen LogP contribution in [-0.4, -0.2) is 51.1 Å². The number of carbonyl (C=O) groups is 3. The minimum absolute atomic E-state index is 0.0178. The highest BCUT2D eigenvalue weighted by Gasteiger charge is 2.28. The van der Waals surface area contributed by atoms with Gasteiger partial charge in [-0.3, -0.25) is 14.9 Å². The zero-order valence-corrected chi connectivity index (χ0v) is 19.1. The largest absolute Gasteiger partial charge is 0.481 e. The highest BCUT2D eigenvalue weighted by atomic mass is 32.2. The summed E-state index contributed by atoms with van der Waals surface area (Å²) in [7, 11) is 0. The van der Waals surface area contributed by atoms with Crippen molar-refractivity contribution in [2.24, 2.45) is 5.92 Å². The monoisotopic (exact) mass is 461 g/mol. The number of hydrogen-bond acceptors (Lipinski definition) is 6. The number of benzene rings is 1. The number of carboxylic acids is 1. The Hall–Kier alpha value is -2.39. The molecule has 1 aromatic carbocycles. The maximum absolute atomic E-state index is 13.1. The van der Waals surface area contributed by atoms with Gasteiger partial charge in [0.25, 0.3) is 0 Å². The van der Waals surface area contributed by atoms with E-state index in [1.807, 2.05) is 18.2 Å². The maximum Gasteiger partial charge on any atom is 0.323 e. The Morgan fingerprint density at radius 3 is 2.58 bits per heavy atom. The Kier molecular flexibility index (Phi) is 8.48. The summed E-state index contributed by atoms with van der Waals surface area (Å²) in [5.74, 6) is -0.280. The minimum Gasteiger partial charge on any atom is -0.481 e. The quantitative estimate of drug-likeness (QED) is 0.402. The number of ketones is 1. The molecule has 0 aliphatic heterocycles. The van der Waals surface area contributed by atoms with E-state index in [-0.39, 0.29) is 30.0 Å². The predicted octanol–water partition coefficient (Wildman–Crippen LogP) is 5.01. The van der Waals surface area contributed by atoms with Crippen LogP contribution in [-0.2, 0) is 4.79 Å². The first-order valence-electron chi connectivity index (χ1n) is 10.4. The molecule has 2 aromatic rings. The topological polar surface area (TPSA) is 99.6 Å². The summed E-state index contributed by atoms with van der Waals surface area (Å²) in [6.07, 6.45) is 5.81. The van der Waals surface area contributed by atoms with Crippen LogP contribution in [0, 0.1) is 5.92 Å². The number of Topliss-reactive ketones (excluding diaryl/α,β-unsaturated/α-hetero) is 1. The van der Waals surface area contributed by atoms with Crippen LogP contribution in [0.15, 0.2) is 40.7 Å². The SMILES string of the molecule is C[C@H]1CC[C@H](N(CCC(=O)c2ccccc2)C(=O)Nc2ncc(SCC(=O)O)s2)CC1. The van der Waals surface area contributed by atoms with E-state index in [1.54, 1.807) is 23.2 Å². The maximum atomic E-state index is 13.1. The first-order chi connectivity index (χ1) is 14.9. The molecular weight excluding hydrogens is 434 g/mol. The number of nitrogens with zero attached hydrogens (tertiary/aromatic N) is 2. The van der Waals surface area contributed by atoms with Crippen LogP contribution in [0.4, 0.5) is 9.93 Å². The summed E-state index contributed by atoms with van der Waals surface area (Å²) in [4.78, 5) is 42.4. The van der Waals surface area contributed by atoms with E-state index in [0.29, 0.717) is 23.2 Å². The van der Waals surface area contributed by atoms with Crippen molar-refractivity contribution in [3.05, 3.63) is 42.1 Å². The van der Waals surface area contributed by atoms with E-state index >= 15 is 0 Å². The van der Waals surface area contributed by atoms with Crippen molar-refractivity contribution in [3.63, 3.8) is 0 Å². The molecule has 2 N–H and O–H groups in total. The second-order valence-corrected chi connectivity index (χ2v) is 10.0. The highest BCUT2D eigenvalue weighted by Crippen LogP contribution is 2.30. The first-order valence-corrected chi connectivity index (χ1v) is 12.2. The zero-order valence-electron chi connectivity index (χ0n) is 17.5. The molecule has 1 saturated carbocycles. The number of nitrogens with one attached hydrogen (secondary N) is 1. The lowest BCUT2D eigenvalue weighted by molar-refractivity contribution is -0.133. The molecule has 3 rings (SSSR count). The number of aromatic nitrogens is 1. The molecule has 1 aromatic heterocycles. The molecule has 7 nitrogen and oxygen atoms in total. The summed E-state index contributed by atoms with van der Waals surface area (Å²) in [6, 6.07) is 8.97. The smallest absolute Gasteiger partial charge is 0.323 e. The molecular formula is C22H27N3O4S2. The number of hydrogen-bond donors (Lipinski definition) is 2. The molecule has 0 saturated heterocycles. The van der Waals surface area contributed by atoms with Crippen LogP contribution in [0.25, 0.3) is 0 Å². The lowest BCUT2D eigenvalue weighted by Crippen LogP contribution is -2.45. The normalized spacial score (nSPS) is 18.4. The van der Waals surface area contributed by atoms with Gasteiger partial charge in [0.1, 0.15) is 0 Å². The molecule has 1 aliphatic carbocycles. The molecule has 9 heteroatoms. The van der Waals surface area contributed by atoms with Gasteiger partial charge in [-0.2, -0.15) is 0 Å². The van der Waals surface area contributed by atoms with Gasteiger partial charge in [0.2, 0.25) is 0 Å². The number of urea groups is 1. The van der Waals surface area contributed by atoms with Crippen molar-refractivity contribution in [3.8, 4) is 0 Å². The van der Waals surface area contributed by atoms with E-state index in [2.05, 4.69) is 17.2 Å². The summed E-state index contributed by atoms with van der Waals surface area (Å²) in [5.41, 5.74) is 0.653. The van der Waals surface area contributed by atoms with Crippen LogP contribution in [0.2, 0.25) is 0 Å². The second kappa shape index (κ2) is 11.3. The molecule has 1 heterocycles. The molecule has 0 bridgehead atoms. The molecule has 2 amide bonds. The number of anilines is 1. The van der Waals surface area contributed by atoms with E-state index in [9.17, 15) is 14.4 Å². The van der Waals surface area contributed by atoms with Crippen LogP contribution in [0.3, 0.4) is 0 Å². The van der Waals surface area contributed by atoms with Crippen LogP contribution in [0.5, 0.6) is 0 Å². The predicted molar refractivity (Wildman–Crippen MR) is 123 cm³/mol.